The fourth-order valence-corrected chi connectivity index (χ4v) is 2.65. The van der Waals surface area contributed by atoms with E-state index in [1.807, 2.05) is 0 Å². The van der Waals surface area contributed by atoms with Crippen LogP contribution in [0.3, 0.4) is 0 Å². The lowest BCUT2D eigenvalue weighted by Gasteiger charge is -2.09. The minimum atomic E-state index is -4.34. The number of aromatic nitrogens is 6. The van der Waals surface area contributed by atoms with Crippen LogP contribution in [0.4, 0.5) is 30.6 Å². The third-order valence-electron chi connectivity index (χ3n) is 3.52. The van der Waals surface area contributed by atoms with Gasteiger partial charge in [0.1, 0.15) is 12.4 Å². The summed E-state index contributed by atoms with van der Waals surface area (Å²) in [5.74, 6) is 0.809. The lowest BCUT2D eigenvalue weighted by atomic mass is 10.3. The summed E-state index contributed by atoms with van der Waals surface area (Å²) in [6.07, 6.45) is 2.57. The molecule has 144 valence electrons. The third kappa shape index (κ3) is 5.42. The number of halogens is 4. The third-order valence-corrected chi connectivity index (χ3v) is 4.10. The van der Waals surface area contributed by atoms with Gasteiger partial charge in [0.15, 0.2) is 0 Å². The Kier molecular flexibility index (Phi) is 5.63. The van der Waals surface area contributed by atoms with Crippen molar-refractivity contribution in [3.63, 3.8) is 0 Å². The van der Waals surface area contributed by atoms with Crippen molar-refractivity contribution in [1.29, 1.82) is 0 Å². The number of alkyl halides is 3. The summed E-state index contributed by atoms with van der Waals surface area (Å²) in [4.78, 5) is 15.4. The second-order valence-electron chi connectivity index (χ2n) is 5.71. The molecule has 0 aromatic carbocycles. The van der Waals surface area contributed by atoms with E-state index >= 15 is 0 Å². The lowest BCUT2D eigenvalue weighted by molar-refractivity contribution is -0.142. The van der Waals surface area contributed by atoms with Crippen LogP contribution in [-0.2, 0) is 13.0 Å². The number of hydrogen-bond donors (Lipinski definition) is 3. The molecule has 0 radical (unpaired) electrons. The predicted octanol–water partition coefficient (Wildman–Crippen LogP) is 3.43. The van der Waals surface area contributed by atoms with Crippen LogP contribution in [0.15, 0.2) is 29.4 Å². The van der Waals surface area contributed by atoms with Gasteiger partial charge in [0.2, 0.25) is 5.95 Å². The summed E-state index contributed by atoms with van der Waals surface area (Å²) in [5.41, 5.74) is 1.81. The number of imidazole rings is 1. The predicted molar refractivity (Wildman–Crippen MR) is 96.8 cm³/mol. The lowest BCUT2D eigenvalue weighted by Crippen LogP contribution is -2.17. The molecule has 0 atom stereocenters. The molecule has 0 unspecified atom stereocenters. The van der Waals surface area contributed by atoms with E-state index in [1.54, 1.807) is 25.6 Å². The molecule has 3 heterocycles. The molecule has 27 heavy (non-hydrogen) atoms. The molecular weight excluding hydrogens is 429 g/mol. The Balaban J connectivity index is 1.67. The van der Waals surface area contributed by atoms with E-state index in [0.717, 1.165) is 16.8 Å². The van der Waals surface area contributed by atoms with Crippen LogP contribution in [0.5, 0.6) is 0 Å². The number of rotatable bonds is 7. The summed E-state index contributed by atoms with van der Waals surface area (Å²) in [6.45, 7) is 1.06. The Morgan fingerprint density at radius 1 is 1.30 bits per heavy atom. The highest BCUT2D eigenvalue weighted by Crippen LogP contribution is 2.24. The zero-order valence-electron chi connectivity index (χ0n) is 14.2. The maximum atomic E-state index is 12.5. The van der Waals surface area contributed by atoms with Gasteiger partial charge in [-0.15, -0.1) is 0 Å². The standard InChI is InChI=1S/C15H16BrF3N8/c1-9-12(6-27(26-9)7-15(17,18)19)24-14-22-5-11(16)13(25-14)21-3-2-10-4-20-8-23-10/h4-6,8H,2-3,7H2,1H3,(H,20,23)(H2,21,22,24,25). The Morgan fingerprint density at radius 3 is 2.81 bits per heavy atom. The Morgan fingerprint density at radius 2 is 2.11 bits per heavy atom. The molecule has 8 nitrogen and oxygen atoms in total. The van der Waals surface area contributed by atoms with Gasteiger partial charge in [-0.2, -0.15) is 23.3 Å². The Hall–Kier alpha value is -2.63. The van der Waals surface area contributed by atoms with Gasteiger partial charge in [-0.05, 0) is 22.9 Å². The van der Waals surface area contributed by atoms with Gasteiger partial charge < -0.3 is 15.6 Å². The number of nitrogens with zero attached hydrogens (tertiary/aromatic N) is 5. The normalized spacial score (nSPS) is 11.6. The van der Waals surface area contributed by atoms with Gasteiger partial charge in [0.05, 0.1) is 22.2 Å². The maximum Gasteiger partial charge on any atom is 0.408 e. The minimum absolute atomic E-state index is 0.247. The molecule has 0 bridgehead atoms. The second kappa shape index (κ2) is 7.94. The highest BCUT2D eigenvalue weighted by Gasteiger charge is 2.28. The molecular formula is C15H16BrF3N8. The molecule has 0 saturated heterocycles. The van der Waals surface area contributed by atoms with E-state index < -0.39 is 12.7 Å². The fraction of sp³-hybridized carbons (Fsp3) is 0.333. The van der Waals surface area contributed by atoms with E-state index in [4.69, 9.17) is 0 Å². The first kappa shape index (κ1) is 19.1. The van der Waals surface area contributed by atoms with Gasteiger partial charge in [-0.1, -0.05) is 0 Å². The van der Waals surface area contributed by atoms with E-state index in [9.17, 15) is 13.2 Å². The largest absolute Gasteiger partial charge is 0.408 e. The SMILES string of the molecule is Cc1nn(CC(F)(F)F)cc1Nc1ncc(Br)c(NCCc2cnc[nH]2)n1. The summed E-state index contributed by atoms with van der Waals surface area (Å²) in [6, 6.07) is 0. The van der Waals surface area contributed by atoms with E-state index in [1.165, 1.54) is 6.20 Å². The van der Waals surface area contributed by atoms with Crippen molar-refractivity contribution >= 4 is 33.4 Å². The first-order valence-electron chi connectivity index (χ1n) is 7.91. The van der Waals surface area contributed by atoms with Gasteiger partial charge in [-0.3, -0.25) is 4.68 Å². The van der Waals surface area contributed by atoms with Gasteiger partial charge in [-0.25, -0.2) is 9.97 Å². The van der Waals surface area contributed by atoms with Crippen LogP contribution in [0.25, 0.3) is 0 Å². The summed E-state index contributed by atoms with van der Waals surface area (Å²) in [7, 11) is 0. The first-order valence-corrected chi connectivity index (χ1v) is 8.71. The molecule has 0 amide bonds. The molecule has 0 aliphatic rings. The van der Waals surface area contributed by atoms with E-state index in [-0.39, 0.29) is 5.95 Å². The molecule has 0 saturated carbocycles. The molecule has 0 fully saturated rings. The average Bonchev–Trinajstić information content (AvgIpc) is 3.19. The number of nitrogens with one attached hydrogen (secondary N) is 3. The number of hydrogen-bond acceptors (Lipinski definition) is 6. The number of aromatic amines is 1. The van der Waals surface area contributed by atoms with Crippen molar-refractivity contribution in [3.05, 3.63) is 40.8 Å². The molecule has 3 aromatic rings. The van der Waals surface area contributed by atoms with E-state index in [2.05, 4.69) is 51.6 Å². The Bertz CT molecular complexity index is 891. The smallest absolute Gasteiger partial charge is 0.369 e. The molecule has 0 aliphatic carbocycles. The van der Waals surface area contributed by atoms with Crippen LogP contribution in [0.1, 0.15) is 11.4 Å². The molecule has 0 aliphatic heterocycles. The van der Waals surface area contributed by atoms with Crippen LogP contribution >= 0.6 is 15.9 Å². The van der Waals surface area contributed by atoms with Crippen LogP contribution in [0.2, 0.25) is 0 Å². The average molecular weight is 445 g/mol. The zero-order chi connectivity index (χ0) is 19.4. The minimum Gasteiger partial charge on any atom is -0.369 e. The first-order chi connectivity index (χ1) is 12.8. The highest BCUT2D eigenvalue weighted by molar-refractivity contribution is 9.10. The van der Waals surface area contributed by atoms with Gasteiger partial charge >= 0.3 is 6.18 Å². The van der Waals surface area contributed by atoms with E-state index in [0.29, 0.717) is 28.2 Å². The van der Waals surface area contributed by atoms with Crippen LogP contribution in [0, 0.1) is 6.92 Å². The van der Waals surface area contributed by atoms with Crippen molar-refractivity contribution in [2.75, 3.05) is 17.2 Å². The van der Waals surface area contributed by atoms with Gasteiger partial charge in [0.25, 0.3) is 0 Å². The van der Waals surface area contributed by atoms with Crippen molar-refractivity contribution in [1.82, 2.24) is 29.7 Å². The van der Waals surface area contributed by atoms with Crippen LogP contribution in [-0.4, -0.2) is 42.4 Å². The maximum absolute atomic E-state index is 12.5. The number of H-pyrrole nitrogens is 1. The van der Waals surface area contributed by atoms with Gasteiger partial charge in [0, 0.05) is 37.3 Å². The van der Waals surface area contributed by atoms with Crippen molar-refractivity contribution < 1.29 is 13.2 Å². The summed E-state index contributed by atoms with van der Waals surface area (Å²) < 4.78 is 39.0. The topological polar surface area (TPSA) is 96.3 Å². The summed E-state index contributed by atoms with van der Waals surface area (Å²) >= 11 is 3.37. The van der Waals surface area contributed by atoms with Crippen molar-refractivity contribution in [2.24, 2.45) is 0 Å². The molecule has 3 N–H and O–H groups in total. The van der Waals surface area contributed by atoms with Crippen molar-refractivity contribution in [3.8, 4) is 0 Å². The molecule has 3 aromatic heterocycles. The van der Waals surface area contributed by atoms with Crippen molar-refractivity contribution in [2.45, 2.75) is 26.1 Å². The van der Waals surface area contributed by atoms with Crippen LogP contribution < -0.4 is 10.6 Å². The highest BCUT2D eigenvalue weighted by atomic mass is 79.9. The molecule has 3 rings (SSSR count). The number of aryl methyl sites for hydroxylation is 1. The summed E-state index contributed by atoms with van der Waals surface area (Å²) in [5, 5.41) is 9.93. The molecule has 12 heteroatoms. The second-order valence-corrected chi connectivity index (χ2v) is 6.56. The number of anilines is 3. The Labute approximate surface area is 160 Å². The molecule has 0 spiro atoms. The fourth-order valence-electron chi connectivity index (χ4n) is 2.31. The monoisotopic (exact) mass is 444 g/mol. The quantitative estimate of drug-likeness (QED) is 0.516. The zero-order valence-corrected chi connectivity index (χ0v) is 15.8.